The molecule has 4 aromatic rings. The predicted molar refractivity (Wildman–Crippen MR) is 128 cm³/mol. The standard InChI is InChI=1S/C26H23F2N3O4/c1-15(16-4-6-17(27)7-5-16)30-26(32)31-18-8-9-23(20(28)12-18)35-22-10-11-29-21-14-25(34-3)24(33-2)13-19(21)22/h4-15H,1-3H3,(H2,30,31,32)/t15-/m1/s1. The Morgan fingerprint density at radius 2 is 1.60 bits per heavy atom. The SMILES string of the molecule is COc1cc2nccc(Oc3ccc(NC(=O)N[C@H](C)c4ccc(F)cc4)cc3F)c2cc1OC. The molecule has 2 amide bonds. The Hall–Kier alpha value is -4.40. The molecule has 0 fully saturated rings. The molecular formula is C26H23F2N3O4. The number of rotatable bonds is 7. The highest BCUT2D eigenvalue weighted by atomic mass is 19.1. The smallest absolute Gasteiger partial charge is 0.319 e. The van der Waals surface area contributed by atoms with Crippen molar-refractivity contribution in [1.82, 2.24) is 10.3 Å². The molecule has 0 radical (unpaired) electrons. The summed E-state index contributed by atoms with van der Waals surface area (Å²) in [4.78, 5) is 16.6. The number of nitrogens with zero attached hydrogens (tertiary/aromatic N) is 1. The predicted octanol–water partition coefficient (Wildman–Crippen LogP) is 6.21. The van der Waals surface area contributed by atoms with E-state index in [1.165, 1.54) is 38.5 Å². The topological polar surface area (TPSA) is 81.7 Å². The van der Waals surface area contributed by atoms with Crippen molar-refractivity contribution in [1.29, 1.82) is 0 Å². The minimum Gasteiger partial charge on any atom is -0.493 e. The molecule has 1 heterocycles. The summed E-state index contributed by atoms with van der Waals surface area (Å²) in [7, 11) is 3.04. The maximum atomic E-state index is 14.8. The van der Waals surface area contributed by atoms with Crippen molar-refractivity contribution in [3.8, 4) is 23.0 Å². The molecule has 9 heteroatoms. The second kappa shape index (κ2) is 10.3. The van der Waals surface area contributed by atoms with E-state index >= 15 is 0 Å². The highest BCUT2D eigenvalue weighted by molar-refractivity contribution is 5.90. The van der Waals surface area contributed by atoms with E-state index in [1.54, 1.807) is 43.5 Å². The Bertz CT molecular complexity index is 1360. The zero-order chi connectivity index (χ0) is 24.9. The number of amides is 2. The number of hydrogen-bond donors (Lipinski definition) is 2. The molecule has 0 saturated heterocycles. The molecule has 0 aliphatic rings. The number of methoxy groups -OCH3 is 2. The summed E-state index contributed by atoms with van der Waals surface area (Å²) in [6, 6.07) is 14.0. The third kappa shape index (κ3) is 5.40. The molecule has 0 unspecified atom stereocenters. The Kier molecular flexibility index (Phi) is 6.96. The van der Waals surface area contributed by atoms with Crippen LogP contribution in [0.5, 0.6) is 23.0 Å². The van der Waals surface area contributed by atoms with Gasteiger partial charge in [0.05, 0.1) is 25.8 Å². The van der Waals surface area contributed by atoms with Crippen molar-refractivity contribution >= 4 is 22.6 Å². The number of hydrogen-bond acceptors (Lipinski definition) is 5. The van der Waals surface area contributed by atoms with Gasteiger partial charge in [-0.15, -0.1) is 0 Å². The Labute approximate surface area is 200 Å². The van der Waals surface area contributed by atoms with Crippen LogP contribution in [0, 0.1) is 11.6 Å². The number of halogens is 2. The van der Waals surface area contributed by atoms with Crippen LogP contribution >= 0.6 is 0 Å². The molecule has 3 aromatic carbocycles. The first kappa shape index (κ1) is 23.7. The maximum Gasteiger partial charge on any atom is 0.319 e. The average molecular weight is 479 g/mol. The third-order valence-electron chi connectivity index (χ3n) is 5.33. The van der Waals surface area contributed by atoms with E-state index < -0.39 is 11.8 Å². The van der Waals surface area contributed by atoms with Gasteiger partial charge < -0.3 is 24.8 Å². The van der Waals surface area contributed by atoms with Gasteiger partial charge in [0, 0.05) is 29.4 Å². The van der Waals surface area contributed by atoms with Crippen LogP contribution in [0.2, 0.25) is 0 Å². The van der Waals surface area contributed by atoms with Crippen molar-refractivity contribution in [3.63, 3.8) is 0 Å². The zero-order valence-corrected chi connectivity index (χ0v) is 19.3. The highest BCUT2D eigenvalue weighted by Crippen LogP contribution is 2.37. The fourth-order valence-electron chi connectivity index (χ4n) is 3.51. The van der Waals surface area contributed by atoms with Gasteiger partial charge in [-0.05, 0) is 48.9 Å². The summed E-state index contributed by atoms with van der Waals surface area (Å²) >= 11 is 0. The lowest BCUT2D eigenvalue weighted by atomic mass is 10.1. The first-order valence-electron chi connectivity index (χ1n) is 10.7. The van der Waals surface area contributed by atoms with E-state index in [2.05, 4.69) is 15.6 Å². The molecule has 7 nitrogen and oxygen atoms in total. The van der Waals surface area contributed by atoms with Crippen LogP contribution in [-0.4, -0.2) is 25.2 Å². The molecule has 0 spiro atoms. The van der Waals surface area contributed by atoms with Gasteiger partial charge in [0.1, 0.15) is 11.6 Å². The molecule has 180 valence electrons. The van der Waals surface area contributed by atoms with Crippen LogP contribution in [0.3, 0.4) is 0 Å². The molecule has 0 bridgehead atoms. The van der Waals surface area contributed by atoms with Crippen molar-refractivity contribution in [3.05, 3.63) is 84.1 Å². The number of carbonyl (C=O) groups is 1. The van der Waals surface area contributed by atoms with Crippen LogP contribution in [0.15, 0.2) is 66.9 Å². The van der Waals surface area contributed by atoms with E-state index in [0.29, 0.717) is 28.2 Å². The summed E-state index contributed by atoms with van der Waals surface area (Å²) in [6.45, 7) is 1.76. The molecule has 0 aliphatic heterocycles. The number of aromatic nitrogens is 1. The number of benzene rings is 3. The fourth-order valence-corrected chi connectivity index (χ4v) is 3.51. The first-order chi connectivity index (χ1) is 16.9. The van der Waals surface area contributed by atoms with Crippen LogP contribution in [0.1, 0.15) is 18.5 Å². The van der Waals surface area contributed by atoms with Gasteiger partial charge in [0.2, 0.25) is 0 Å². The summed E-state index contributed by atoms with van der Waals surface area (Å²) in [5.41, 5.74) is 1.56. The second-order valence-corrected chi connectivity index (χ2v) is 7.65. The quantitative estimate of drug-likeness (QED) is 0.330. The number of fused-ring (bicyclic) bond motifs is 1. The van der Waals surface area contributed by atoms with Gasteiger partial charge in [-0.3, -0.25) is 4.98 Å². The van der Waals surface area contributed by atoms with Crippen LogP contribution < -0.4 is 24.8 Å². The normalized spacial score (nSPS) is 11.6. The monoisotopic (exact) mass is 479 g/mol. The zero-order valence-electron chi connectivity index (χ0n) is 19.3. The summed E-state index contributed by atoms with van der Waals surface area (Å²) in [5.74, 6) is 0.318. The Balaban J connectivity index is 1.48. The molecule has 2 N–H and O–H groups in total. The molecule has 1 atom stereocenters. The fraction of sp³-hybridized carbons (Fsp3) is 0.154. The van der Waals surface area contributed by atoms with Gasteiger partial charge in [-0.2, -0.15) is 0 Å². The third-order valence-corrected chi connectivity index (χ3v) is 5.33. The van der Waals surface area contributed by atoms with Crippen molar-refractivity contribution < 1.29 is 27.8 Å². The molecular weight excluding hydrogens is 456 g/mol. The Morgan fingerprint density at radius 3 is 2.29 bits per heavy atom. The van der Waals surface area contributed by atoms with E-state index in [4.69, 9.17) is 14.2 Å². The van der Waals surface area contributed by atoms with Gasteiger partial charge in [-0.25, -0.2) is 13.6 Å². The lowest BCUT2D eigenvalue weighted by molar-refractivity contribution is 0.249. The average Bonchev–Trinajstić information content (AvgIpc) is 2.85. The number of nitrogens with one attached hydrogen (secondary N) is 2. The van der Waals surface area contributed by atoms with Gasteiger partial charge >= 0.3 is 6.03 Å². The van der Waals surface area contributed by atoms with E-state index in [0.717, 1.165) is 11.6 Å². The van der Waals surface area contributed by atoms with E-state index in [-0.39, 0.29) is 23.3 Å². The van der Waals surface area contributed by atoms with Crippen LogP contribution in [0.4, 0.5) is 19.3 Å². The first-order valence-corrected chi connectivity index (χ1v) is 10.7. The lowest BCUT2D eigenvalue weighted by Gasteiger charge is -2.16. The van der Waals surface area contributed by atoms with Crippen molar-refractivity contribution in [2.45, 2.75) is 13.0 Å². The Morgan fingerprint density at radius 1 is 0.886 bits per heavy atom. The van der Waals surface area contributed by atoms with E-state index in [9.17, 15) is 13.6 Å². The second-order valence-electron chi connectivity index (χ2n) is 7.65. The number of anilines is 1. The number of ether oxygens (including phenoxy) is 3. The van der Waals surface area contributed by atoms with Crippen molar-refractivity contribution in [2.24, 2.45) is 0 Å². The minimum absolute atomic E-state index is 0.0297. The minimum atomic E-state index is -0.667. The van der Waals surface area contributed by atoms with Gasteiger partial charge in [0.15, 0.2) is 23.1 Å². The number of urea groups is 1. The lowest BCUT2D eigenvalue weighted by Crippen LogP contribution is -2.31. The summed E-state index contributed by atoms with van der Waals surface area (Å²) < 4.78 is 44.4. The van der Waals surface area contributed by atoms with E-state index in [1.807, 2.05) is 0 Å². The molecule has 35 heavy (non-hydrogen) atoms. The van der Waals surface area contributed by atoms with Crippen LogP contribution in [0.25, 0.3) is 10.9 Å². The van der Waals surface area contributed by atoms with Gasteiger partial charge in [-0.1, -0.05) is 12.1 Å². The molecule has 4 rings (SSSR count). The largest absolute Gasteiger partial charge is 0.493 e. The highest BCUT2D eigenvalue weighted by Gasteiger charge is 2.15. The van der Waals surface area contributed by atoms with Crippen LogP contribution in [-0.2, 0) is 0 Å². The molecule has 1 aromatic heterocycles. The molecule has 0 saturated carbocycles. The molecule has 0 aliphatic carbocycles. The summed E-state index contributed by atoms with van der Waals surface area (Å²) in [6.07, 6.45) is 1.55. The van der Waals surface area contributed by atoms with Gasteiger partial charge in [0.25, 0.3) is 0 Å². The number of carbonyl (C=O) groups excluding carboxylic acids is 1. The van der Waals surface area contributed by atoms with Crippen molar-refractivity contribution in [2.75, 3.05) is 19.5 Å². The maximum absolute atomic E-state index is 14.8. The summed E-state index contributed by atoms with van der Waals surface area (Å²) in [5, 5.41) is 5.92. The number of pyridine rings is 1.